The predicted octanol–water partition coefficient (Wildman–Crippen LogP) is 5.79. The molecule has 0 atom stereocenters. The summed E-state index contributed by atoms with van der Waals surface area (Å²) in [6.45, 7) is 4.79. The number of nitrogens with one attached hydrogen (secondary N) is 2. The van der Waals surface area contributed by atoms with E-state index in [-0.39, 0.29) is 0 Å². The Balaban J connectivity index is 1.54. The first-order valence-electron chi connectivity index (χ1n) is 10.6. The maximum absolute atomic E-state index is 4.80. The standard InChI is InChI=1S/C26H24N6/c1-18-8-12-20(13-9-18)16-27-26-30-24(29-21-14-10-19(2)11-15-21)23-17-28-32(25(23)31-26)22-6-4-3-5-7-22/h3-15,17H,16H2,1-2H3,(H2,27,29,30,31). The zero-order valence-electron chi connectivity index (χ0n) is 18.1. The van der Waals surface area contributed by atoms with Crippen LogP contribution in [0.5, 0.6) is 0 Å². The van der Waals surface area contributed by atoms with Gasteiger partial charge in [0.15, 0.2) is 5.65 Å². The number of hydrogen-bond acceptors (Lipinski definition) is 5. The van der Waals surface area contributed by atoms with Gasteiger partial charge < -0.3 is 10.6 Å². The molecule has 2 N–H and O–H groups in total. The topological polar surface area (TPSA) is 67.7 Å². The van der Waals surface area contributed by atoms with E-state index >= 15 is 0 Å². The lowest BCUT2D eigenvalue weighted by Gasteiger charge is -2.11. The van der Waals surface area contributed by atoms with Crippen LogP contribution in [0.25, 0.3) is 16.7 Å². The Kier molecular flexibility index (Phi) is 5.25. The monoisotopic (exact) mass is 420 g/mol. The number of aromatic nitrogens is 4. The first kappa shape index (κ1) is 19.8. The fourth-order valence-corrected chi connectivity index (χ4v) is 3.50. The summed E-state index contributed by atoms with van der Waals surface area (Å²) >= 11 is 0. The van der Waals surface area contributed by atoms with Gasteiger partial charge in [-0.2, -0.15) is 15.1 Å². The van der Waals surface area contributed by atoms with Crippen LogP contribution in [0.15, 0.2) is 85.1 Å². The highest BCUT2D eigenvalue weighted by Crippen LogP contribution is 2.27. The van der Waals surface area contributed by atoms with E-state index in [9.17, 15) is 0 Å². The smallest absolute Gasteiger partial charge is 0.227 e. The molecule has 0 unspecified atom stereocenters. The molecule has 0 aliphatic carbocycles. The minimum Gasteiger partial charge on any atom is -0.350 e. The van der Waals surface area contributed by atoms with Crippen molar-refractivity contribution in [1.82, 2.24) is 19.7 Å². The van der Waals surface area contributed by atoms with Gasteiger partial charge in [-0.25, -0.2) is 4.68 Å². The van der Waals surface area contributed by atoms with Gasteiger partial charge in [0.25, 0.3) is 0 Å². The lowest BCUT2D eigenvalue weighted by atomic mass is 10.1. The molecule has 0 aliphatic heterocycles. The van der Waals surface area contributed by atoms with Gasteiger partial charge in [-0.3, -0.25) is 0 Å². The van der Waals surface area contributed by atoms with Gasteiger partial charge in [-0.15, -0.1) is 0 Å². The van der Waals surface area contributed by atoms with Crippen LogP contribution in [-0.2, 0) is 6.54 Å². The van der Waals surface area contributed by atoms with Crippen molar-refractivity contribution in [3.8, 4) is 5.69 Å². The summed E-state index contributed by atoms with van der Waals surface area (Å²) in [7, 11) is 0. The van der Waals surface area contributed by atoms with Gasteiger partial charge in [0, 0.05) is 12.2 Å². The molecule has 0 aliphatic rings. The third kappa shape index (κ3) is 4.16. The van der Waals surface area contributed by atoms with E-state index in [0.29, 0.717) is 18.3 Å². The van der Waals surface area contributed by atoms with E-state index < -0.39 is 0 Å². The Morgan fingerprint density at radius 2 is 1.47 bits per heavy atom. The maximum atomic E-state index is 4.80. The maximum Gasteiger partial charge on any atom is 0.227 e. The largest absolute Gasteiger partial charge is 0.350 e. The van der Waals surface area contributed by atoms with Gasteiger partial charge in [-0.1, -0.05) is 65.7 Å². The molecule has 0 saturated carbocycles. The third-order valence-corrected chi connectivity index (χ3v) is 5.31. The van der Waals surface area contributed by atoms with Gasteiger partial charge in [0.05, 0.1) is 17.3 Å². The van der Waals surface area contributed by atoms with E-state index in [1.54, 1.807) is 0 Å². The average molecular weight is 421 g/mol. The van der Waals surface area contributed by atoms with Crippen molar-refractivity contribution < 1.29 is 0 Å². The van der Waals surface area contributed by atoms with E-state index in [1.807, 2.05) is 53.3 Å². The molecule has 2 aromatic heterocycles. The van der Waals surface area contributed by atoms with Crippen molar-refractivity contribution in [3.05, 3.63) is 102 Å². The van der Waals surface area contributed by atoms with E-state index in [2.05, 4.69) is 66.0 Å². The molecule has 5 aromatic rings. The van der Waals surface area contributed by atoms with Crippen molar-refractivity contribution in [2.24, 2.45) is 0 Å². The van der Waals surface area contributed by atoms with Crippen molar-refractivity contribution in [1.29, 1.82) is 0 Å². The van der Waals surface area contributed by atoms with Crippen LogP contribution in [0.3, 0.4) is 0 Å². The highest BCUT2D eigenvalue weighted by molar-refractivity contribution is 5.90. The van der Waals surface area contributed by atoms with Crippen molar-refractivity contribution in [2.75, 3.05) is 10.6 Å². The minimum atomic E-state index is 0.547. The molecular weight excluding hydrogens is 396 g/mol. The second-order valence-electron chi connectivity index (χ2n) is 7.86. The zero-order valence-corrected chi connectivity index (χ0v) is 18.1. The number of aryl methyl sites for hydroxylation is 2. The van der Waals surface area contributed by atoms with Crippen LogP contribution in [0, 0.1) is 13.8 Å². The molecule has 3 aromatic carbocycles. The third-order valence-electron chi connectivity index (χ3n) is 5.31. The SMILES string of the molecule is Cc1ccc(CNc2nc(Nc3ccc(C)cc3)c3cnn(-c4ccccc4)c3n2)cc1. The summed E-state index contributed by atoms with van der Waals surface area (Å²) in [5.41, 5.74) is 6.28. The van der Waals surface area contributed by atoms with Crippen LogP contribution >= 0.6 is 0 Å². The van der Waals surface area contributed by atoms with Crippen LogP contribution < -0.4 is 10.6 Å². The van der Waals surface area contributed by atoms with Crippen molar-refractivity contribution in [2.45, 2.75) is 20.4 Å². The summed E-state index contributed by atoms with van der Waals surface area (Å²) in [6, 6.07) is 26.7. The molecule has 6 nitrogen and oxygen atoms in total. The molecule has 6 heteroatoms. The lowest BCUT2D eigenvalue weighted by molar-refractivity contribution is 0.894. The van der Waals surface area contributed by atoms with Crippen molar-refractivity contribution >= 4 is 28.5 Å². The second kappa shape index (κ2) is 8.51. The normalized spacial score (nSPS) is 10.9. The molecule has 0 spiro atoms. The summed E-state index contributed by atoms with van der Waals surface area (Å²) in [6.07, 6.45) is 1.81. The summed E-state index contributed by atoms with van der Waals surface area (Å²) in [5.74, 6) is 1.26. The first-order chi connectivity index (χ1) is 15.7. The molecular formula is C26H24N6. The minimum absolute atomic E-state index is 0.547. The molecule has 0 saturated heterocycles. The Labute approximate surface area is 187 Å². The number of nitrogens with zero attached hydrogens (tertiary/aromatic N) is 4. The average Bonchev–Trinajstić information content (AvgIpc) is 3.25. The molecule has 32 heavy (non-hydrogen) atoms. The highest BCUT2D eigenvalue weighted by Gasteiger charge is 2.14. The van der Waals surface area contributed by atoms with Crippen LogP contribution in [0.1, 0.15) is 16.7 Å². The number of benzene rings is 3. The summed E-state index contributed by atoms with van der Waals surface area (Å²) in [4.78, 5) is 9.57. The Morgan fingerprint density at radius 1 is 0.781 bits per heavy atom. The Morgan fingerprint density at radius 3 is 2.19 bits per heavy atom. The molecule has 0 bridgehead atoms. The van der Waals surface area contributed by atoms with E-state index in [0.717, 1.165) is 22.4 Å². The van der Waals surface area contributed by atoms with Gasteiger partial charge >= 0.3 is 0 Å². The lowest BCUT2D eigenvalue weighted by Crippen LogP contribution is -2.07. The first-order valence-corrected chi connectivity index (χ1v) is 10.6. The fourth-order valence-electron chi connectivity index (χ4n) is 3.50. The molecule has 158 valence electrons. The Hall–Kier alpha value is -4.19. The van der Waals surface area contributed by atoms with Gasteiger partial charge in [0.2, 0.25) is 5.95 Å². The molecule has 0 fully saturated rings. The fraction of sp³-hybridized carbons (Fsp3) is 0.115. The number of anilines is 3. The number of fused-ring (bicyclic) bond motifs is 1. The van der Waals surface area contributed by atoms with Crippen LogP contribution in [0.2, 0.25) is 0 Å². The molecule has 0 amide bonds. The summed E-state index contributed by atoms with van der Waals surface area (Å²) in [5, 5.41) is 12.3. The van der Waals surface area contributed by atoms with Gasteiger partial charge in [0.1, 0.15) is 5.82 Å². The predicted molar refractivity (Wildman–Crippen MR) is 130 cm³/mol. The number of para-hydroxylation sites is 1. The number of rotatable bonds is 6. The van der Waals surface area contributed by atoms with Crippen molar-refractivity contribution in [3.63, 3.8) is 0 Å². The quantitative estimate of drug-likeness (QED) is 0.364. The van der Waals surface area contributed by atoms with Gasteiger partial charge in [-0.05, 0) is 43.7 Å². The van der Waals surface area contributed by atoms with Crippen LogP contribution in [-0.4, -0.2) is 19.7 Å². The van der Waals surface area contributed by atoms with E-state index in [1.165, 1.54) is 16.7 Å². The zero-order chi connectivity index (χ0) is 21.9. The summed E-state index contributed by atoms with van der Waals surface area (Å²) < 4.78 is 1.84. The molecule has 5 rings (SSSR count). The number of hydrogen-bond donors (Lipinski definition) is 2. The highest BCUT2D eigenvalue weighted by atomic mass is 15.3. The Bertz CT molecular complexity index is 1340. The van der Waals surface area contributed by atoms with Crippen LogP contribution in [0.4, 0.5) is 17.5 Å². The molecule has 0 radical (unpaired) electrons. The second-order valence-corrected chi connectivity index (χ2v) is 7.86. The van der Waals surface area contributed by atoms with E-state index in [4.69, 9.17) is 9.97 Å². The molecule has 2 heterocycles.